The molecule has 0 N–H and O–H groups in total. The molecule has 0 amide bonds. The first-order valence-electron chi connectivity index (χ1n) is 9.67. The average Bonchev–Trinajstić information content (AvgIpc) is 2.88. The number of fused-ring (bicyclic) bond motifs is 3. The van der Waals surface area contributed by atoms with E-state index in [1.54, 1.807) is 0 Å². The first kappa shape index (κ1) is 17.5. The maximum Gasteiger partial charge on any atom is 0.340 e. The molecule has 0 spiro atoms. The second-order valence-corrected chi connectivity index (χ2v) is 7.72. The largest absolute Gasteiger partial charge is 0.459 e. The van der Waals surface area contributed by atoms with E-state index in [0.29, 0.717) is 17.6 Å². The molecule has 140 valence electrons. The van der Waals surface area contributed by atoms with Crippen LogP contribution in [0.4, 0.5) is 4.39 Å². The second-order valence-electron chi connectivity index (χ2n) is 7.72. The smallest absolute Gasteiger partial charge is 0.340 e. The van der Waals surface area contributed by atoms with Gasteiger partial charge in [-0.2, -0.15) is 0 Å². The third kappa shape index (κ3) is 2.92. The van der Waals surface area contributed by atoms with Crippen LogP contribution < -0.4 is 0 Å². The highest BCUT2D eigenvalue weighted by Crippen LogP contribution is 2.35. The molecule has 3 heterocycles. The molecule has 2 fully saturated rings. The normalized spacial score (nSPS) is 26.2. The van der Waals surface area contributed by atoms with Crippen LogP contribution in [0.5, 0.6) is 0 Å². The number of carbonyl (C=O) groups is 1. The monoisotopic (exact) mass is 358 g/mol. The maximum atomic E-state index is 13.0. The molecular weight excluding hydrogens is 331 g/mol. The molecule has 0 saturated carbocycles. The van der Waals surface area contributed by atoms with Crippen molar-refractivity contribution in [3.63, 3.8) is 0 Å². The Bertz CT molecular complexity index is 802. The molecule has 4 nitrogen and oxygen atoms in total. The molecule has 2 saturated heterocycles. The summed E-state index contributed by atoms with van der Waals surface area (Å²) >= 11 is 0. The van der Waals surface area contributed by atoms with Crippen molar-refractivity contribution in [2.45, 2.75) is 63.8 Å². The van der Waals surface area contributed by atoms with E-state index in [-0.39, 0.29) is 18.6 Å². The van der Waals surface area contributed by atoms with Gasteiger partial charge in [0.05, 0.1) is 12.1 Å². The van der Waals surface area contributed by atoms with Crippen molar-refractivity contribution >= 4 is 16.9 Å². The van der Waals surface area contributed by atoms with Crippen molar-refractivity contribution in [3.05, 3.63) is 35.5 Å². The van der Waals surface area contributed by atoms with Gasteiger partial charge in [-0.15, -0.1) is 0 Å². The minimum atomic E-state index is -0.452. The number of hydrogen-bond donors (Lipinski definition) is 0. The summed E-state index contributed by atoms with van der Waals surface area (Å²) in [6, 6.07) is 8.75. The summed E-state index contributed by atoms with van der Waals surface area (Å²) in [5.41, 5.74) is 2.29. The van der Waals surface area contributed by atoms with E-state index in [2.05, 4.69) is 11.9 Å². The lowest BCUT2D eigenvalue weighted by Gasteiger charge is -2.46. The molecule has 1 aromatic carbocycles. The zero-order valence-corrected chi connectivity index (χ0v) is 15.6. The Balaban J connectivity index is 1.60. The number of nitrogens with zero attached hydrogens (tertiary/aromatic N) is 2. The fourth-order valence-corrected chi connectivity index (χ4v) is 4.93. The van der Waals surface area contributed by atoms with Gasteiger partial charge in [0.1, 0.15) is 12.8 Å². The number of esters is 1. The molecule has 2 aliphatic heterocycles. The number of carbonyl (C=O) groups excluding carboxylic acids is 1. The van der Waals surface area contributed by atoms with Gasteiger partial charge < -0.3 is 14.2 Å². The number of benzene rings is 1. The van der Waals surface area contributed by atoms with Crippen LogP contribution in [0.2, 0.25) is 0 Å². The number of aryl methyl sites for hydroxylation is 1. The number of alkyl halides is 1. The Hall–Kier alpha value is -1.88. The van der Waals surface area contributed by atoms with Crippen molar-refractivity contribution in [1.29, 1.82) is 0 Å². The first-order chi connectivity index (χ1) is 12.6. The highest BCUT2D eigenvalue weighted by Gasteiger charge is 2.38. The summed E-state index contributed by atoms with van der Waals surface area (Å²) in [5.74, 6) is -0.260. The third-order valence-corrected chi connectivity index (χ3v) is 6.31. The highest BCUT2D eigenvalue weighted by molar-refractivity contribution is 6.06. The quantitative estimate of drug-likeness (QED) is 0.772. The minimum absolute atomic E-state index is 0.0170. The van der Waals surface area contributed by atoms with E-state index in [0.717, 1.165) is 29.4 Å². The summed E-state index contributed by atoms with van der Waals surface area (Å²) in [5, 5.41) is 0.858. The first-order valence-corrected chi connectivity index (χ1v) is 9.67. The van der Waals surface area contributed by atoms with Crippen molar-refractivity contribution in [2.75, 3.05) is 13.7 Å². The standard InChI is InChI=1S/C21H27FN2O2/c1-14-20(18-8-3-4-9-19(18)24(14)11-10-22)21(25)26-17-12-15-6-5-7-16(13-17)23(15)2/h3-4,8-9,15-17H,5-7,10-13H2,1-2H3/t15-,16+,17+. The Morgan fingerprint density at radius 2 is 1.92 bits per heavy atom. The van der Waals surface area contributed by atoms with Gasteiger partial charge in [-0.05, 0) is 32.9 Å². The molecule has 2 aromatic rings. The second kappa shape index (κ2) is 7.03. The van der Waals surface area contributed by atoms with E-state index in [1.807, 2.05) is 35.8 Å². The van der Waals surface area contributed by atoms with Gasteiger partial charge in [0.15, 0.2) is 0 Å². The number of piperidine rings is 2. The van der Waals surface area contributed by atoms with Gasteiger partial charge in [-0.3, -0.25) is 0 Å². The summed E-state index contributed by atoms with van der Waals surface area (Å²) in [7, 11) is 2.20. The lowest BCUT2D eigenvalue weighted by atomic mass is 9.83. The van der Waals surface area contributed by atoms with Gasteiger partial charge >= 0.3 is 5.97 Å². The van der Waals surface area contributed by atoms with Crippen LogP contribution in [-0.2, 0) is 11.3 Å². The fourth-order valence-electron chi connectivity index (χ4n) is 4.93. The number of rotatable bonds is 4. The van der Waals surface area contributed by atoms with Gasteiger partial charge in [-0.1, -0.05) is 24.6 Å². The molecule has 1 aromatic heterocycles. The topological polar surface area (TPSA) is 34.5 Å². The van der Waals surface area contributed by atoms with Gasteiger partial charge in [0.2, 0.25) is 0 Å². The maximum absolute atomic E-state index is 13.0. The molecule has 0 unspecified atom stereocenters. The summed E-state index contributed by atoms with van der Waals surface area (Å²) < 4.78 is 20.9. The Labute approximate surface area is 153 Å². The molecular formula is C21H27FN2O2. The van der Waals surface area contributed by atoms with Crippen molar-refractivity contribution in [3.8, 4) is 0 Å². The molecule has 2 bridgehead atoms. The molecule has 2 aliphatic rings. The van der Waals surface area contributed by atoms with Crippen LogP contribution in [0.3, 0.4) is 0 Å². The molecule has 4 rings (SSSR count). The lowest BCUT2D eigenvalue weighted by molar-refractivity contribution is -0.0318. The average molecular weight is 358 g/mol. The van der Waals surface area contributed by atoms with Crippen LogP contribution in [-0.4, -0.2) is 47.3 Å². The summed E-state index contributed by atoms with van der Waals surface area (Å²) in [6.07, 6.45) is 5.47. The number of ether oxygens (including phenoxy) is 1. The van der Waals surface area contributed by atoms with Gasteiger partial charge in [0, 0.05) is 41.5 Å². The third-order valence-electron chi connectivity index (χ3n) is 6.31. The summed E-state index contributed by atoms with van der Waals surface area (Å²) in [6.45, 7) is 1.69. The zero-order chi connectivity index (χ0) is 18.3. The zero-order valence-electron chi connectivity index (χ0n) is 15.6. The Kier molecular flexibility index (Phi) is 4.74. The molecule has 0 radical (unpaired) electrons. The Morgan fingerprint density at radius 3 is 2.62 bits per heavy atom. The van der Waals surface area contributed by atoms with Crippen LogP contribution >= 0.6 is 0 Å². The van der Waals surface area contributed by atoms with E-state index in [1.165, 1.54) is 19.3 Å². The number of aromatic nitrogens is 1. The molecule has 5 heteroatoms. The van der Waals surface area contributed by atoms with E-state index >= 15 is 0 Å². The fraction of sp³-hybridized carbons (Fsp3) is 0.571. The van der Waals surface area contributed by atoms with Crippen LogP contribution in [0.1, 0.15) is 48.2 Å². The van der Waals surface area contributed by atoms with E-state index < -0.39 is 6.67 Å². The van der Waals surface area contributed by atoms with Crippen molar-refractivity contribution in [2.24, 2.45) is 0 Å². The Morgan fingerprint density at radius 1 is 1.23 bits per heavy atom. The molecule has 3 atom stereocenters. The van der Waals surface area contributed by atoms with E-state index in [4.69, 9.17) is 4.74 Å². The van der Waals surface area contributed by atoms with Crippen molar-refractivity contribution in [1.82, 2.24) is 9.47 Å². The predicted molar refractivity (Wildman–Crippen MR) is 100 cm³/mol. The van der Waals surface area contributed by atoms with Gasteiger partial charge in [-0.25, -0.2) is 9.18 Å². The van der Waals surface area contributed by atoms with E-state index in [9.17, 15) is 9.18 Å². The lowest BCUT2D eigenvalue weighted by Crippen LogP contribution is -2.52. The van der Waals surface area contributed by atoms with Crippen LogP contribution in [0, 0.1) is 6.92 Å². The molecule has 26 heavy (non-hydrogen) atoms. The minimum Gasteiger partial charge on any atom is -0.459 e. The van der Waals surface area contributed by atoms with Crippen molar-refractivity contribution < 1.29 is 13.9 Å². The summed E-state index contributed by atoms with van der Waals surface area (Å²) in [4.78, 5) is 15.5. The highest BCUT2D eigenvalue weighted by atomic mass is 19.1. The van der Waals surface area contributed by atoms with Crippen LogP contribution in [0.15, 0.2) is 24.3 Å². The van der Waals surface area contributed by atoms with Crippen LogP contribution in [0.25, 0.3) is 10.9 Å². The number of para-hydroxylation sites is 1. The predicted octanol–water partition coefficient (Wildman–Crippen LogP) is 4.09. The SMILES string of the molecule is Cc1c(C(=O)O[C@H]2C[C@H]3CCC[C@@H](C2)N3C)c2ccccc2n1CCF. The number of halogens is 1. The van der Waals surface area contributed by atoms with Gasteiger partial charge in [0.25, 0.3) is 0 Å². The molecule has 0 aliphatic carbocycles. The number of hydrogen-bond acceptors (Lipinski definition) is 3.